The summed E-state index contributed by atoms with van der Waals surface area (Å²) >= 11 is 18.6. The fourth-order valence-corrected chi connectivity index (χ4v) is 4.09. The zero-order valence-corrected chi connectivity index (χ0v) is 16.5. The van der Waals surface area contributed by atoms with E-state index in [1.54, 1.807) is 30.6 Å². The summed E-state index contributed by atoms with van der Waals surface area (Å²) in [6.07, 6.45) is 7.34. The molecular weight excluding hydrogens is 409 g/mol. The lowest BCUT2D eigenvalue weighted by molar-refractivity contribution is 0.376. The van der Waals surface area contributed by atoms with Crippen LogP contribution < -0.4 is 10.5 Å². The molecule has 0 amide bonds. The second kappa shape index (κ2) is 7.54. The molecule has 0 radical (unpaired) electrons. The van der Waals surface area contributed by atoms with Gasteiger partial charge in [0.15, 0.2) is 0 Å². The van der Waals surface area contributed by atoms with Crippen LogP contribution in [0.25, 0.3) is 5.69 Å². The number of halogens is 3. The van der Waals surface area contributed by atoms with Gasteiger partial charge in [-0.3, -0.25) is 9.48 Å². The Balaban J connectivity index is 1.67. The van der Waals surface area contributed by atoms with Gasteiger partial charge in [0.1, 0.15) is 5.02 Å². The number of nitrogens with zero attached hydrogens (tertiary/aromatic N) is 5. The molecule has 27 heavy (non-hydrogen) atoms. The third-order valence-electron chi connectivity index (χ3n) is 4.67. The van der Waals surface area contributed by atoms with E-state index in [1.807, 2.05) is 16.9 Å². The largest absolute Gasteiger partial charge is 0.367 e. The van der Waals surface area contributed by atoms with Gasteiger partial charge in [-0.1, -0.05) is 34.8 Å². The van der Waals surface area contributed by atoms with E-state index in [0.717, 1.165) is 19.4 Å². The Kier molecular flexibility index (Phi) is 5.12. The summed E-state index contributed by atoms with van der Waals surface area (Å²) in [7, 11) is 0. The van der Waals surface area contributed by atoms with Gasteiger partial charge in [0.25, 0.3) is 5.56 Å². The molecule has 0 N–H and O–H groups in total. The van der Waals surface area contributed by atoms with Crippen molar-refractivity contribution < 1.29 is 0 Å². The van der Waals surface area contributed by atoms with Gasteiger partial charge in [-0.15, -0.1) is 0 Å². The Morgan fingerprint density at radius 1 is 1.11 bits per heavy atom. The molecule has 2 aromatic heterocycles. The highest BCUT2D eigenvalue weighted by molar-refractivity contribution is 6.36. The lowest BCUT2D eigenvalue weighted by atomic mass is 10.1. The van der Waals surface area contributed by atoms with E-state index in [4.69, 9.17) is 34.8 Å². The quantitative estimate of drug-likeness (QED) is 0.631. The van der Waals surface area contributed by atoms with Crippen molar-refractivity contribution in [2.45, 2.75) is 18.9 Å². The smallest absolute Gasteiger partial charge is 0.292 e. The van der Waals surface area contributed by atoms with Crippen molar-refractivity contribution in [2.24, 2.45) is 0 Å². The van der Waals surface area contributed by atoms with E-state index in [1.165, 1.54) is 4.68 Å². The van der Waals surface area contributed by atoms with Crippen molar-refractivity contribution in [2.75, 3.05) is 18.0 Å². The topological polar surface area (TPSA) is 56.0 Å². The minimum atomic E-state index is -0.417. The van der Waals surface area contributed by atoms with Crippen molar-refractivity contribution in [3.8, 4) is 5.69 Å². The first-order valence-electron chi connectivity index (χ1n) is 8.52. The molecule has 3 heterocycles. The maximum atomic E-state index is 12.8. The third kappa shape index (κ3) is 3.57. The van der Waals surface area contributed by atoms with Gasteiger partial charge in [0.2, 0.25) is 0 Å². The second-order valence-electron chi connectivity index (χ2n) is 6.38. The molecule has 1 saturated heterocycles. The summed E-state index contributed by atoms with van der Waals surface area (Å²) in [6.45, 7) is 1.53. The average Bonchev–Trinajstić information content (AvgIpc) is 3.19. The van der Waals surface area contributed by atoms with Gasteiger partial charge in [-0.05, 0) is 37.1 Å². The monoisotopic (exact) mass is 423 g/mol. The zero-order valence-electron chi connectivity index (χ0n) is 14.2. The van der Waals surface area contributed by atoms with Crippen LogP contribution in [0.15, 0.2) is 47.7 Å². The lowest BCUT2D eigenvalue weighted by Gasteiger charge is -2.34. The summed E-state index contributed by atoms with van der Waals surface area (Å²) < 4.78 is 3.14. The maximum Gasteiger partial charge on any atom is 0.292 e. The van der Waals surface area contributed by atoms with Gasteiger partial charge in [-0.25, -0.2) is 0 Å². The van der Waals surface area contributed by atoms with Crippen LogP contribution in [-0.4, -0.2) is 32.7 Å². The number of piperidine rings is 1. The fourth-order valence-electron chi connectivity index (χ4n) is 3.36. The minimum Gasteiger partial charge on any atom is -0.367 e. The number of rotatable bonds is 3. The highest BCUT2D eigenvalue weighted by Crippen LogP contribution is 2.30. The first-order chi connectivity index (χ1) is 13.0. The van der Waals surface area contributed by atoms with Crippen LogP contribution in [0.1, 0.15) is 18.9 Å². The molecule has 3 aromatic rings. The predicted molar refractivity (Wildman–Crippen MR) is 108 cm³/mol. The van der Waals surface area contributed by atoms with Gasteiger partial charge in [-0.2, -0.15) is 14.9 Å². The molecular formula is C18H16Cl3N5O. The van der Waals surface area contributed by atoms with Gasteiger partial charge in [0, 0.05) is 30.5 Å². The van der Waals surface area contributed by atoms with E-state index < -0.39 is 5.56 Å². The van der Waals surface area contributed by atoms with Crippen LogP contribution in [0.4, 0.5) is 5.69 Å². The molecule has 1 fully saturated rings. The predicted octanol–water partition coefficient (Wildman–Crippen LogP) is 4.23. The summed E-state index contributed by atoms with van der Waals surface area (Å²) in [6, 6.07) is 7.00. The Morgan fingerprint density at radius 2 is 1.96 bits per heavy atom. The molecule has 0 bridgehead atoms. The van der Waals surface area contributed by atoms with Crippen LogP contribution in [0, 0.1) is 0 Å². The van der Waals surface area contributed by atoms with Gasteiger partial charge < -0.3 is 4.90 Å². The highest BCUT2D eigenvalue weighted by atomic mass is 35.5. The first kappa shape index (κ1) is 18.3. The Morgan fingerprint density at radius 3 is 2.70 bits per heavy atom. The molecule has 1 aromatic carbocycles. The molecule has 0 spiro atoms. The third-order valence-corrected chi connectivity index (χ3v) is 5.57. The Labute approximate surface area is 170 Å². The molecule has 9 heteroatoms. The molecule has 1 aliphatic rings. The number of aromatic nitrogens is 4. The number of hydrogen-bond donors (Lipinski definition) is 0. The summed E-state index contributed by atoms with van der Waals surface area (Å²) in [5.74, 6) is 0. The van der Waals surface area contributed by atoms with Gasteiger partial charge >= 0.3 is 0 Å². The Hall–Kier alpha value is -2.02. The Bertz CT molecular complexity index is 1020. The van der Waals surface area contributed by atoms with E-state index in [9.17, 15) is 4.79 Å². The van der Waals surface area contributed by atoms with Gasteiger partial charge in [0.05, 0.1) is 28.6 Å². The zero-order chi connectivity index (χ0) is 19.0. The van der Waals surface area contributed by atoms with Crippen molar-refractivity contribution in [1.29, 1.82) is 0 Å². The highest BCUT2D eigenvalue weighted by Gasteiger charge is 2.25. The van der Waals surface area contributed by atoms with E-state index in [0.29, 0.717) is 28.0 Å². The normalized spacial score (nSPS) is 17.3. The summed E-state index contributed by atoms with van der Waals surface area (Å²) in [4.78, 5) is 14.9. The molecule has 1 aliphatic heterocycles. The van der Waals surface area contributed by atoms with E-state index >= 15 is 0 Å². The molecule has 0 aliphatic carbocycles. The number of hydrogen-bond acceptors (Lipinski definition) is 4. The minimum absolute atomic E-state index is 0.122. The summed E-state index contributed by atoms with van der Waals surface area (Å²) in [5.41, 5.74) is 0.645. The van der Waals surface area contributed by atoms with Crippen LogP contribution in [0.2, 0.25) is 15.1 Å². The van der Waals surface area contributed by atoms with Crippen molar-refractivity contribution in [3.63, 3.8) is 0 Å². The second-order valence-corrected chi connectivity index (χ2v) is 7.61. The van der Waals surface area contributed by atoms with Crippen molar-refractivity contribution in [1.82, 2.24) is 19.6 Å². The van der Waals surface area contributed by atoms with Crippen LogP contribution in [0.5, 0.6) is 0 Å². The standard InChI is InChI=1S/C18H16Cl3N5O/c19-12-4-5-15(14(20)9-12)26-18(27)17(21)16(10-23-26)24-7-1-3-13(11-24)25-8-2-6-22-25/h2,4-6,8-10,13H,1,3,7,11H2. The molecule has 1 unspecified atom stereocenters. The van der Waals surface area contributed by atoms with Crippen molar-refractivity contribution in [3.05, 3.63) is 68.3 Å². The molecule has 4 rings (SSSR count). The SMILES string of the molecule is O=c1c(Cl)c(N2CCCC(n3cccn3)C2)cnn1-c1ccc(Cl)cc1Cl. The fraction of sp³-hybridized carbons (Fsp3) is 0.278. The number of benzene rings is 1. The summed E-state index contributed by atoms with van der Waals surface area (Å²) in [5, 5.41) is 9.56. The van der Waals surface area contributed by atoms with Crippen LogP contribution in [-0.2, 0) is 0 Å². The molecule has 0 saturated carbocycles. The molecule has 140 valence electrons. The van der Waals surface area contributed by atoms with Crippen LogP contribution in [0.3, 0.4) is 0 Å². The van der Waals surface area contributed by atoms with Crippen LogP contribution >= 0.6 is 34.8 Å². The maximum absolute atomic E-state index is 12.8. The molecule has 1 atom stereocenters. The van der Waals surface area contributed by atoms with E-state index in [2.05, 4.69) is 15.1 Å². The van der Waals surface area contributed by atoms with Crippen molar-refractivity contribution >= 4 is 40.5 Å². The first-order valence-corrected chi connectivity index (χ1v) is 9.65. The molecule has 6 nitrogen and oxygen atoms in total. The van der Waals surface area contributed by atoms with E-state index in [-0.39, 0.29) is 11.1 Å². The average molecular weight is 425 g/mol. The number of anilines is 1. The lowest BCUT2D eigenvalue weighted by Crippen LogP contribution is -2.38.